The van der Waals surface area contributed by atoms with E-state index < -0.39 is 10.8 Å². The summed E-state index contributed by atoms with van der Waals surface area (Å²) >= 11 is 0. The van der Waals surface area contributed by atoms with Gasteiger partial charge < -0.3 is 14.6 Å². The van der Waals surface area contributed by atoms with Gasteiger partial charge in [0.05, 0.1) is 35.9 Å². The van der Waals surface area contributed by atoms with E-state index in [9.17, 15) is 19.7 Å². The highest BCUT2D eigenvalue weighted by Gasteiger charge is 2.15. The molecule has 1 N–H and O–H groups in total. The Labute approximate surface area is 166 Å². The number of pyridine rings is 1. The molecular formula is C21H19N3O5. The van der Waals surface area contributed by atoms with Gasteiger partial charge in [-0.05, 0) is 30.2 Å². The fourth-order valence-corrected chi connectivity index (χ4v) is 2.85. The minimum absolute atomic E-state index is 0.147. The summed E-state index contributed by atoms with van der Waals surface area (Å²) in [7, 11) is 1.36. The molecule has 1 amide bonds. The number of nitrogens with one attached hydrogen (secondary N) is 1. The highest BCUT2D eigenvalue weighted by molar-refractivity contribution is 6.04. The number of nitrogens with zero attached hydrogens (tertiary/aromatic N) is 2. The number of aromatic nitrogens is 1. The smallest absolute Gasteiger partial charge is 0.273 e. The van der Waals surface area contributed by atoms with Crippen LogP contribution in [0.2, 0.25) is 0 Å². The molecule has 8 nitrogen and oxygen atoms in total. The largest absolute Gasteiger partial charge is 0.494 e. The van der Waals surface area contributed by atoms with E-state index >= 15 is 0 Å². The molecule has 0 unspecified atom stereocenters. The third-order valence-corrected chi connectivity index (χ3v) is 4.49. The number of carbonyl (C=O) groups excluding carboxylic acids is 1. The summed E-state index contributed by atoms with van der Waals surface area (Å²) in [5, 5.41) is 13.6. The summed E-state index contributed by atoms with van der Waals surface area (Å²) < 4.78 is 6.60. The van der Waals surface area contributed by atoms with Crippen LogP contribution in [0.3, 0.4) is 0 Å². The molecule has 0 atom stereocenters. The Morgan fingerprint density at radius 1 is 1.17 bits per heavy atom. The molecule has 0 fully saturated rings. The highest BCUT2D eigenvalue weighted by atomic mass is 16.6. The zero-order valence-corrected chi connectivity index (χ0v) is 15.9. The van der Waals surface area contributed by atoms with Gasteiger partial charge in [-0.2, -0.15) is 0 Å². The average molecular weight is 393 g/mol. The van der Waals surface area contributed by atoms with Gasteiger partial charge in [-0.1, -0.05) is 24.3 Å². The predicted molar refractivity (Wildman–Crippen MR) is 109 cm³/mol. The number of hydrogen-bond donors (Lipinski definition) is 1. The molecule has 0 aliphatic heterocycles. The van der Waals surface area contributed by atoms with Gasteiger partial charge in [-0.3, -0.25) is 19.7 Å². The van der Waals surface area contributed by atoms with Gasteiger partial charge in [-0.15, -0.1) is 0 Å². The van der Waals surface area contributed by atoms with Gasteiger partial charge in [-0.25, -0.2) is 0 Å². The van der Waals surface area contributed by atoms with E-state index in [1.165, 1.54) is 48.2 Å². The molecule has 3 rings (SSSR count). The van der Waals surface area contributed by atoms with Crippen LogP contribution in [-0.4, -0.2) is 22.5 Å². The summed E-state index contributed by atoms with van der Waals surface area (Å²) in [4.78, 5) is 35.2. The summed E-state index contributed by atoms with van der Waals surface area (Å²) in [6.07, 6.45) is 1.49. The number of rotatable bonds is 6. The molecule has 1 heterocycles. The van der Waals surface area contributed by atoms with E-state index in [0.29, 0.717) is 12.2 Å². The molecular weight excluding hydrogens is 374 g/mol. The Kier molecular flexibility index (Phi) is 5.73. The second-order valence-corrected chi connectivity index (χ2v) is 6.41. The monoisotopic (exact) mass is 393 g/mol. The molecule has 29 heavy (non-hydrogen) atoms. The van der Waals surface area contributed by atoms with Crippen molar-refractivity contribution in [3.05, 3.63) is 98.0 Å². The molecule has 148 valence electrons. The Hall–Kier alpha value is -3.94. The highest BCUT2D eigenvalue weighted by Crippen LogP contribution is 2.29. The fourth-order valence-electron chi connectivity index (χ4n) is 2.85. The first kappa shape index (κ1) is 19.8. The zero-order chi connectivity index (χ0) is 21.0. The molecule has 2 aromatic carbocycles. The van der Waals surface area contributed by atoms with Gasteiger partial charge >= 0.3 is 0 Å². The first-order chi connectivity index (χ1) is 13.9. The van der Waals surface area contributed by atoms with Crippen molar-refractivity contribution in [2.45, 2.75) is 13.5 Å². The molecule has 1 aromatic heterocycles. The topological polar surface area (TPSA) is 103 Å². The van der Waals surface area contributed by atoms with Crippen LogP contribution in [0.15, 0.2) is 65.6 Å². The van der Waals surface area contributed by atoms with Crippen LogP contribution >= 0.6 is 0 Å². The van der Waals surface area contributed by atoms with Crippen LogP contribution in [0.1, 0.15) is 21.5 Å². The van der Waals surface area contributed by atoms with E-state index in [4.69, 9.17) is 4.74 Å². The normalized spacial score (nSPS) is 10.4. The lowest BCUT2D eigenvalue weighted by Gasteiger charge is -2.12. The number of benzene rings is 2. The van der Waals surface area contributed by atoms with Crippen molar-refractivity contribution in [2.75, 3.05) is 12.4 Å². The van der Waals surface area contributed by atoms with Gasteiger partial charge in [0.15, 0.2) is 0 Å². The van der Waals surface area contributed by atoms with E-state index in [1.807, 2.05) is 31.2 Å². The van der Waals surface area contributed by atoms with Crippen molar-refractivity contribution in [1.29, 1.82) is 0 Å². The predicted octanol–water partition coefficient (Wildman–Crippen LogP) is 3.37. The number of aryl methyl sites for hydroxylation is 1. The first-order valence-electron chi connectivity index (χ1n) is 8.78. The fraction of sp³-hybridized carbons (Fsp3) is 0.143. The van der Waals surface area contributed by atoms with Crippen molar-refractivity contribution in [3.63, 3.8) is 0 Å². The number of non-ortho nitro benzene ring substituents is 1. The van der Waals surface area contributed by atoms with Crippen molar-refractivity contribution in [2.24, 2.45) is 0 Å². The molecule has 0 aliphatic carbocycles. The molecule has 0 saturated heterocycles. The molecule has 0 aliphatic rings. The van der Waals surface area contributed by atoms with Gasteiger partial charge in [0.25, 0.3) is 17.2 Å². The molecule has 8 heteroatoms. The number of anilines is 1. The van der Waals surface area contributed by atoms with Gasteiger partial charge in [0, 0.05) is 18.3 Å². The number of nitro groups is 1. The number of nitro benzene ring substituents is 1. The van der Waals surface area contributed by atoms with Gasteiger partial charge in [0.2, 0.25) is 0 Å². The Morgan fingerprint density at radius 2 is 1.93 bits per heavy atom. The van der Waals surface area contributed by atoms with Crippen molar-refractivity contribution in [1.82, 2.24) is 4.57 Å². The first-order valence-corrected chi connectivity index (χ1v) is 8.78. The molecule has 0 spiro atoms. The lowest BCUT2D eigenvalue weighted by molar-refractivity contribution is -0.384. The summed E-state index contributed by atoms with van der Waals surface area (Å²) in [6.45, 7) is 2.30. The van der Waals surface area contributed by atoms with Crippen LogP contribution in [0.25, 0.3) is 0 Å². The standard InChI is InChI=1S/C21H19N3O5/c1-14-5-3-4-6-15(14)12-23-13-16(7-10-20(23)25)21(26)22-18-9-8-17(24(27)28)11-19(18)29-2/h3-11,13H,12H2,1-2H3,(H,22,26). The van der Waals surface area contributed by atoms with E-state index in [2.05, 4.69) is 5.32 Å². The van der Waals surface area contributed by atoms with Crippen molar-refractivity contribution >= 4 is 17.3 Å². The molecule has 0 saturated carbocycles. The number of amides is 1. The van der Waals surface area contributed by atoms with E-state index in [1.54, 1.807) is 0 Å². The second kappa shape index (κ2) is 8.39. The summed E-state index contributed by atoms with van der Waals surface area (Å²) in [5.41, 5.74) is 2.22. The SMILES string of the molecule is COc1cc([N+](=O)[O-])ccc1NC(=O)c1ccc(=O)n(Cc2ccccc2C)c1. The molecule has 0 bridgehead atoms. The lowest BCUT2D eigenvalue weighted by Crippen LogP contribution is -2.23. The number of ether oxygens (including phenoxy) is 1. The summed E-state index contributed by atoms with van der Waals surface area (Å²) in [6, 6.07) is 14.4. The van der Waals surface area contributed by atoms with Crippen LogP contribution in [-0.2, 0) is 6.54 Å². The van der Waals surface area contributed by atoms with Crippen molar-refractivity contribution in [3.8, 4) is 5.75 Å². The van der Waals surface area contributed by atoms with E-state index in [0.717, 1.165) is 11.1 Å². The minimum atomic E-state index is -0.546. The lowest BCUT2D eigenvalue weighted by atomic mass is 10.1. The van der Waals surface area contributed by atoms with Crippen LogP contribution in [0.4, 0.5) is 11.4 Å². The van der Waals surface area contributed by atoms with Crippen LogP contribution in [0.5, 0.6) is 5.75 Å². The molecule has 0 radical (unpaired) electrons. The van der Waals surface area contributed by atoms with Gasteiger partial charge in [0.1, 0.15) is 5.75 Å². The maximum atomic E-state index is 12.7. The quantitative estimate of drug-likeness (QED) is 0.511. The van der Waals surface area contributed by atoms with Crippen molar-refractivity contribution < 1.29 is 14.5 Å². The number of carbonyl (C=O) groups is 1. The van der Waals surface area contributed by atoms with E-state index in [-0.39, 0.29) is 22.6 Å². The number of hydrogen-bond acceptors (Lipinski definition) is 5. The second-order valence-electron chi connectivity index (χ2n) is 6.41. The summed E-state index contributed by atoms with van der Waals surface area (Å²) in [5.74, 6) is -0.295. The third kappa shape index (κ3) is 4.49. The third-order valence-electron chi connectivity index (χ3n) is 4.49. The number of methoxy groups -OCH3 is 1. The Morgan fingerprint density at radius 3 is 2.62 bits per heavy atom. The molecule has 3 aromatic rings. The maximum Gasteiger partial charge on any atom is 0.273 e. The Balaban J connectivity index is 1.86. The maximum absolute atomic E-state index is 12.7. The van der Waals surface area contributed by atoms with Crippen LogP contribution < -0.4 is 15.6 Å². The Bertz CT molecular complexity index is 1140. The minimum Gasteiger partial charge on any atom is -0.494 e. The van der Waals surface area contributed by atoms with Crippen LogP contribution in [0, 0.1) is 17.0 Å². The average Bonchev–Trinajstić information content (AvgIpc) is 2.71. The zero-order valence-electron chi connectivity index (χ0n) is 15.9.